The molecule has 0 aromatic heterocycles. The first-order valence-corrected chi connectivity index (χ1v) is 4.88. The molecule has 2 nitrogen and oxygen atoms in total. The van der Waals surface area contributed by atoms with Crippen LogP contribution in [0.2, 0.25) is 0 Å². The molecule has 0 fully saturated rings. The Balaban J connectivity index is 2.99. The Morgan fingerprint density at radius 1 is 1.47 bits per heavy atom. The van der Waals surface area contributed by atoms with Crippen molar-refractivity contribution in [1.82, 2.24) is 0 Å². The summed E-state index contributed by atoms with van der Waals surface area (Å²) in [4.78, 5) is 11.2. The lowest BCUT2D eigenvalue weighted by Gasteiger charge is -2.21. The number of primary amides is 1. The molecule has 0 aliphatic rings. The molecule has 0 saturated carbocycles. The van der Waals surface area contributed by atoms with Crippen LogP contribution in [0.4, 0.5) is 4.39 Å². The summed E-state index contributed by atoms with van der Waals surface area (Å²) in [7, 11) is 0. The summed E-state index contributed by atoms with van der Waals surface area (Å²) in [6, 6.07) is 4.58. The van der Waals surface area contributed by atoms with Crippen molar-refractivity contribution in [2.75, 3.05) is 0 Å². The van der Waals surface area contributed by atoms with Crippen molar-refractivity contribution in [3.8, 4) is 0 Å². The molecule has 1 rings (SSSR count). The lowest BCUT2D eigenvalue weighted by molar-refractivity contribution is -0.125. The zero-order valence-corrected chi connectivity index (χ0v) is 9.30. The van der Waals surface area contributed by atoms with E-state index in [2.05, 4.69) is 0 Å². The van der Waals surface area contributed by atoms with Crippen LogP contribution in [-0.4, -0.2) is 5.91 Å². The van der Waals surface area contributed by atoms with Crippen molar-refractivity contribution < 1.29 is 9.18 Å². The van der Waals surface area contributed by atoms with E-state index in [1.54, 1.807) is 19.9 Å². The van der Waals surface area contributed by atoms with Gasteiger partial charge in [-0.2, -0.15) is 0 Å². The SMILES string of the molecule is Cc1ccc(F)cc1CC(C)(C)C(N)=O. The van der Waals surface area contributed by atoms with Crippen LogP contribution in [0.5, 0.6) is 0 Å². The summed E-state index contributed by atoms with van der Waals surface area (Å²) >= 11 is 0. The molecular weight excluding hydrogens is 193 g/mol. The van der Waals surface area contributed by atoms with Gasteiger partial charge in [0.25, 0.3) is 0 Å². The molecular formula is C12H16FNO. The van der Waals surface area contributed by atoms with E-state index in [1.165, 1.54) is 12.1 Å². The molecule has 1 amide bonds. The minimum Gasteiger partial charge on any atom is -0.369 e. The molecule has 0 atom stereocenters. The number of carbonyl (C=O) groups excluding carboxylic acids is 1. The van der Waals surface area contributed by atoms with Gasteiger partial charge < -0.3 is 5.73 Å². The summed E-state index contributed by atoms with van der Waals surface area (Å²) in [5, 5.41) is 0. The highest BCUT2D eigenvalue weighted by Crippen LogP contribution is 2.23. The van der Waals surface area contributed by atoms with E-state index in [1.807, 2.05) is 6.92 Å². The van der Waals surface area contributed by atoms with Gasteiger partial charge in [0.2, 0.25) is 5.91 Å². The fourth-order valence-electron chi connectivity index (χ4n) is 1.39. The first-order chi connectivity index (χ1) is 6.83. The Morgan fingerprint density at radius 2 is 2.07 bits per heavy atom. The highest BCUT2D eigenvalue weighted by Gasteiger charge is 2.25. The molecule has 0 spiro atoms. The van der Waals surface area contributed by atoms with Gasteiger partial charge in [0.15, 0.2) is 0 Å². The number of rotatable bonds is 3. The van der Waals surface area contributed by atoms with Gasteiger partial charge in [-0.3, -0.25) is 4.79 Å². The van der Waals surface area contributed by atoms with Crippen LogP contribution < -0.4 is 5.73 Å². The second-order valence-corrected chi connectivity index (χ2v) is 4.50. The number of hydrogen-bond donors (Lipinski definition) is 1. The Bertz CT molecular complexity index is 385. The smallest absolute Gasteiger partial charge is 0.223 e. The third-order valence-electron chi connectivity index (χ3n) is 2.61. The van der Waals surface area contributed by atoms with Crippen LogP contribution in [0.25, 0.3) is 0 Å². The van der Waals surface area contributed by atoms with E-state index >= 15 is 0 Å². The van der Waals surface area contributed by atoms with E-state index < -0.39 is 5.41 Å². The van der Waals surface area contributed by atoms with Crippen LogP contribution in [0, 0.1) is 18.2 Å². The van der Waals surface area contributed by atoms with Gasteiger partial charge in [0, 0.05) is 5.41 Å². The van der Waals surface area contributed by atoms with Crippen molar-refractivity contribution in [2.45, 2.75) is 27.2 Å². The van der Waals surface area contributed by atoms with Gasteiger partial charge >= 0.3 is 0 Å². The number of nitrogens with two attached hydrogens (primary N) is 1. The molecule has 0 unspecified atom stereocenters. The first kappa shape index (κ1) is 11.7. The van der Waals surface area contributed by atoms with Crippen LogP contribution in [0.15, 0.2) is 18.2 Å². The molecule has 2 N–H and O–H groups in total. The Labute approximate surface area is 89.3 Å². The molecule has 82 valence electrons. The van der Waals surface area contributed by atoms with Crippen molar-refractivity contribution in [3.63, 3.8) is 0 Å². The van der Waals surface area contributed by atoms with Gasteiger partial charge in [-0.1, -0.05) is 19.9 Å². The Morgan fingerprint density at radius 3 is 2.60 bits per heavy atom. The maximum atomic E-state index is 13.0. The number of aryl methyl sites for hydroxylation is 1. The van der Waals surface area contributed by atoms with E-state index in [0.717, 1.165) is 11.1 Å². The van der Waals surface area contributed by atoms with Crippen LogP contribution in [-0.2, 0) is 11.2 Å². The van der Waals surface area contributed by atoms with E-state index in [9.17, 15) is 9.18 Å². The molecule has 3 heteroatoms. The zero-order chi connectivity index (χ0) is 11.6. The van der Waals surface area contributed by atoms with Gasteiger partial charge in [-0.05, 0) is 36.6 Å². The quantitative estimate of drug-likeness (QED) is 0.814. The predicted molar refractivity (Wildman–Crippen MR) is 57.8 cm³/mol. The molecule has 1 aromatic rings. The highest BCUT2D eigenvalue weighted by molar-refractivity contribution is 5.80. The molecule has 0 radical (unpaired) electrons. The zero-order valence-electron chi connectivity index (χ0n) is 9.30. The first-order valence-electron chi connectivity index (χ1n) is 4.88. The molecule has 0 heterocycles. The molecule has 0 saturated heterocycles. The normalized spacial score (nSPS) is 11.5. The number of halogens is 1. The third kappa shape index (κ3) is 2.78. The standard InChI is InChI=1S/C12H16FNO/c1-8-4-5-10(13)6-9(8)7-12(2,3)11(14)15/h4-6H,7H2,1-3H3,(H2,14,15). The van der Waals surface area contributed by atoms with E-state index in [4.69, 9.17) is 5.73 Å². The minimum absolute atomic E-state index is 0.282. The van der Waals surface area contributed by atoms with Gasteiger partial charge in [-0.25, -0.2) is 4.39 Å². The van der Waals surface area contributed by atoms with Crippen molar-refractivity contribution in [2.24, 2.45) is 11.1 Å². The van der Waals surface area contributed by atoms with Gasteiger partial charge in [-0.15, -0.1) is 0 Å². The summed E-state index contributed by atoms with van der Waals surface area (Å²) in [5.74, 6) is -0.651. The number of hydrogen-bond acceptors (Lipinski definition) is 1. The lowest BCUT2D eigenvalue weighted by Crippen LogP contribution is -2.33. The summed E-state index contributed by atoms with van der Waals surface area (Å²) in [6.07, 6.45) is 0.464. The highest BCUT2D eigenvalue weighted by atomic mass is 19.1. The summed E-state index contributed by atoms with van der Waals surface area (Å²) in [6.45, 7) is 5.42. The van der Waals surface area contributed by atoms with Crippen molar-refractivity contribution >= 4 is 5.91 Å². The summed E-state index contributed by atoms with van der Waals surface area (Å²) < 4.78 is 13.0. The summed E-state index contributed by atoms with van der Waals surface area (Å²) in [5.41, 5.74) is 6.44. The molecule has 1 aromatic carbocycles. The topological polar surface area (TPSA) is 43.1 Å². The number of benzene rings is 1. The monoisotopic (exact) mass is 209 g/mol. The van der Waals surface area contributed by atoms with Crippen LogP contribution in [0.3, 0.4) is 0 Å². The number of amides is 1. The fourth-order valence-corrected chi connectivity index (χ4v) is 1.39. The third-order valence-corrected chi connectivity index (χ3v) is 2.61. The molecule has 0 bridgehead atoms. The Hall–Kier alpha value is -1.38. The Kier molecular flexibility index (Phi) is 3.12. The van der Waals surface area contributed by atoms with Crippen LogP contribution >= 0.6 is 0 Å². The second-order valence-electron chi connectivity index (χ2n) is 4.50. The van der Waals surface area contributed by atoms with Crippen LogP contribution in [0.1, 0.15) is 25.0 Å². The van der Waals surface area contributed by atoms with Gasteiger partial charge in [0.05, 0.1) is 0 Å². The average molecular weight is 209 g/mol. The average Bonchev–Trinajstić information content (AvgIpc) is 2.10. The fraction of sp³-hybridized carbons (Fsp3) is 0.417. The molecule has 0 aliphatic carbocycles. The van der Waals surface area contributed by atoms with Gasteiger partial charge in [0.1, 0.15) is 5.82 Å². The second kappa shape index (κ2) is 4.01. The minimum atomic E-state index is -0.640. The number of carbonyl (C=O) groups is 1. The van der Waals surface area contributed by atoms with E-state index in [0.29, 0.717) is 6.42 Å². The molecule has 0 aliphatic heterocycles. The maximum absolute atomic E-state index is 13.0. The maximum Gasteiger partial charge on any atom is 0.223 e. The van der Waals surface area contributed by atoms with Crippen molar-refractivity contribution in [3.05, 3.63) is 35.1 Å². The van der Waals surface area contributed by atoms with Crippen molar-refractivity contribution in [1.29, 1.82) is 0 Å². The lowest BCUT2D eigenvalue weighted by atomic mass is 9.84. The van der Waals surface area contributed by atoms with E-state index in [-0.39, 0.29) is 11.7 Å². The molecule has 15 heavy (non-hydrogen) atoms. The largest absolute Gasteiger partial charge is 0.369 e. The predicted octanol–water partition coefficient (Wildman–Crippen LogP) is 2.19.